The molecule has 0 saturated heterocycles. The zero-order valence-corrected chi connectivity index (χ0v) is 14.6. The normalized spacial score (nSPS) is 10.4. The molecule has 25 heavy (non-hydrogen) atoms. The first kappa shape index (κ1) is 16.9. The van der Waals surface area contributed by atoms with Gasteiger partial charge in [0.15, 0.2) is 11.1 Å². The van der Waals surface area contributed by atoms with Gasteiger partial charge in [0, 0.05) is 25.7 Å². The summed E-state index contributed by atoms with van der Waals surface area (Å²) in [6.45, 7) is 0.853. The topological polar surface area (TPSA) is 68.2 Å². The molecule has 0 unspecified atom stereocenters. The molecule has 7 heteroatoms. The third kappa shape index (κ3) is 3.95. The van der Waals surface area contributed by atoms with Gasteiger partial charge < -0.3 is 19.8 Å². The Kier molecular flexibility index (Phi) is 5.25. The summed E-state index contributed by atoms with van der Waals surface area (Å²) in [5.74, 6) is -0.471. The van der Waals surface area contributed by atoms with Crippen LogP contribution in [0.15, 0.2) is 65.2 Å². The quantitative estimate of drug-likeness (QED) is 0.554. The number of hydrogen-bond acceptors (Lipinski definition) is 4. The lowest BCUT2D eigenvalue weighted by atomic mass is 10.2. The molecule has 0 aliphatic rings. The van der Waals surface area contributed by atoms with Crippen LogP contribution >= 0.6 is 12.2 Å². The van der Waals surface area contributed by atoms with E-state index in [-0.39, 0.29) is 6.54 Å². The molecule has 0 bridgehead atoms. The minimum absolute atomic E-state index is 0.284. The number of aromatic nitrogens is 2. The first-order valence-corrected chi connectivity index (χ1v) is 8.23. The summed E-state index contributed by atoms with van der Waals surface area (Å²) in [6.07, 6.45) is 0. The van der Waals surface area contributed by atoms with Crippen molar-refractivity contribution in [2.75, 3.05) is 7.05 Å². The van der Waals surface area contributed by atoms with Crippen molar-refractivity contribution < 1.29 is 14.3 Å². The lowest BCUT2D eigenvalue weighted by Gasteiger charge is -2.23. The van der Waals surface area contributed by atoms with Crippen molar-refractivity contribution in [2.45, 2.75) is 13.1 Å². The average molecular weight is 354 g/mol. The molecule has 3 aromatic rings. The standard InChI is InChI=1S/C18H18N4O2S/c1-19-18(25)21(12-14-8-4-2-5-9-14)13-16-17(23)24-20-22(16)15-10-6-3-7-11-15/h2-11H,12-13H2,1H3,(H-,19,20,23,25). The van der Waals surface area contributed by atoms with E-state index in [9.17, 15) is 5.11 Å². The molecule has 1 N–H and O–H groups in total. The summed E-state index contributed by atoms with van der Waals surface area (Å²) < 4.78 is 6.39. The predicted octanol–water partition coefficient (Wildman–Crippen LogP) is 1.53. The van der Waals surface area contributed by atoms with Crippen LogP contribution in [0.4, 0.5) is 0 Å². The fraction of sp³-hybridized carbons (Fsp3) is 0.167. The molecule has 2 aromatic carbocycles. The number of hydrogen-bond donors (Lipinski definition) is 1. The van der Waals surface area contributed by atoms with E-state index in [1.165, 1.54) is 4.68 Å². The summed E-state index contributed by atoms with van der Waals surface area (Å²) in [4.78, 5) is 1.90. The predicted molar refractivity (Wildman–Crippen MR) is 94.8 cm³/mol. The third-order valence-corrected chi connectivity index (χ3v) is 4.22. The Balaban J connectivity index is 1.90. The van der Waals surface area contributed by atoms with E-state index in [1.54, 1.807) is 7.05 Å². The fourth-order valence-electron chi connectivity index (χ4n) is 2.51. The van der Waals surface area contributed by atoms with Gasteiger partial charge in [-0.05, 0) is 22.5 Å². The van der Waals surface area contributed by atoms with Crippen molar-refractivity contribution in [3.8, 4) is 11.6 Å². The summed E-state index contributed by atoms with van der Waals surface area (Å²) in [7, 11) is 1.76. The van der Waals surface area contributed by atoms with Gasteiger partial charge in [0.05, 0.1) is 5.27 Å². The minimum atomic E-state index is -0.471. The molecule has 1 heterocycles. The van der Waals surface area contributed by atoms with E-state index >= 15 is 0 Å². The summed E-state index contributed by atoms with van der Waals surface area (Å²) in [5.41, 5.74) is 2.27. The van der Waals surface area contributed by atoms with Gasteiger partial charge in [0.2, 0.25) is 5.69 Å². The van der Waals surface area contributed by atoms with Gasteiger partial charge in [-0.15, -0.1) is 0 Å². The highest BCUT2D eigenvalue weighted by Crippen LogP contribution is 2.15. The Hall–Kier alpha value is -2.93. The molecule has 0 fully saturated rings. The molecule has 0 amide bonds. The van der Waals surface area contributed by atoms with Crippen molar-refractivity contribution in [3.63, 3.8) is 0 Å². The van der Waals surface area contributed by atoms with E-state index in [1.807, 2.05) is 65.6 Å². The first-order valence-electron chi connectivity index (χ1n) is 7.83. The van der Waals surface area contributed by atoms with E-state index in [0.29, 0.717) is 17.4 Å². The number of benzene rings is 2. The number of nitrogens with one attached hydrogen (secondary N) is 1. The smallest absolute Gasteiger partial charge is 0.259 e. The molecule has 0 spiro atoms. The molecule has 3 rings (SSSR count). The van der Waals surface area contributed by atoms with Gasteiger partial charge in [-0.2, -0.15) is 0 Å². The van der Waals surface area contributed by atoms with Crippen molar-refractivity contribution in [1.82, 2.24) is 15.5 Å². The van der Waals surface area contributed by atoms with E-state index < -0.39 is 5.95 Å². The summed E-state index contributed by atoms with van der Waals surface area (Å²) >= 11 is 5.40. The zero-order chi connectivity index (χ0) is 17.6. The van der Waals surface area contributed by atoms with Crippen LogP contribution in [0.5, 0.6) is 5.95 Å². The molecule has 1 aromatic heterocycles. The lowest BCUT2D eigenvalue weighted by Crippen LogP contribution is -2.43. The highest BCUT2D eigenvalue weighted by atomic mass is 32.1. The molecule has 0 saturated carbocycles. The van der Waals surface area contributed by atoms with Crippen LogP contribution in [0.25, 0.3) is 5.69 Å². The monoisotopic (exact) mass is 354 g/mol. The summed E-state index contributed by atoms with van der Waals surface area (Å²) in [6, 6.07) is 19.3. The Morgan fingerprint density at radius 2 is 1.76 bits per heavy atom. The zero-order valence-electron chi connectivity index (χ0n) is 13.8. The highest BCUT2D eigenvalue weighted by molar-refractivity contribution is 7.80. The second-order valence-electron chi connectivity index (χ2n) is 5.45. The number of para-hydroxylation sites is 1. The molecule has 0 aliphatic heterocycles. The number of nitrogens with zero attached hydrogens (tertiary/aromatic N) is 3. The first-order chi connectivity index (χ1) is 12.2. The SMILES string of the molecule is CNC(=S)N(Cc1ccccc1)Cc1c([O-])on[n+]1-c1ccccc1. The Bertz CT molecular complexity index is 837. The van der Waals surface area contributed by atoms with Crippen molar-refractivity contribution in [1.29, 1.82) is 0 Å². The van der Waals surface area contributed by atoms with Crippen LogP contribution in [-0.2, 0) is 13.1 Å². The van der Waals surface area contributed by atoms with E-state index in [2.05, 4.69) is 10.6 Å². The van der Waals surface area contributed by atoms with Gasteiger partial charge in [0.25, 0.3) is 5.69 Å². The second kappa shape index (κ2) is 7.76. The van der Waals surface area contributed by atoms with Crippen molar-refractivity contribution in [2.24, 2.45) is 0 Å². The fourth-order valence-corrected chi connectivity index (χ4v) is 2.64. The highest BCUT2D eigenvalue weighted by Gasteiger charge is 2.24. The largest absolute Gasteiger partial charge is 0.539 e. The average Bonchev–Trinajstić information content (AvgIpc) is 3.02. The van der Waals surface area contributed by atoms with Crippen LogP contribution < -0.4 is 15.1 Å². The van der Waals surface area contributed by atoms with Crippen LogP contribution in [-0.4, -0.2) is 22.3 Å². The lowest BCUT2D eigenvalue weighted by molar-refractivity contribution is -0.678. The van der Waals surface area contributed by atoms with Crippen LogP contribution in [0.2, 0.25) is 0 Å². The maximum Gasteiger partial charge on any atom is 0.259 e. The van der Waals surface area contributed by atoms with Crippen LogP contribution in [0.3, 0.4) is 0 Å². The summed E-state index contributed by atoms with van der Waals surface area (Å²) in [5, 5.41) is 19.6. The molecular weight excluding hydrogens is 336 g/mol. The van der Waals surface area contributed by atoms with Crippen LogP contribution in [0, 0.1) is 0 Å². The van der Waals surface area contributed by atoms with Gasteiger partial charge in [-0.25, -0.2) is 0 Å². The van der Waals surface area contributed by atoms with Gasteiger partial charge in [0.1, 0.15) is 6.54 Å². The molecule has 128 valence electrons. The Morgan fingerprint density at radius 3 is 2.40 bits per heavy atom. The second-order valence-corrected chi connectivity index (χ2v) is 5.84. The minimum Gasteiger partial charge on any atom is -0.539 e. The maximum absolute atomic E-state index is 12.2. The maximum atomic E-state index is 12.2. The Morgan fingerprint density at radius 1 is 1.12 bits per heavy atom. The van der Waals surface area contributed by atoms with Crippen molar-refractivity contribution >= 4 is 17.3 Å². The Labute approximate surface area is 151 Å². The van der Waals surface area contributed by atoms with Gasteiger partial charge in [-0.3, -0.25) is 0 Å². The van der Waals surface area contributed by atoms with E-state index in [0.717, 1.165) is 11.3 Å². The molecule has 0 radical (unpaired) electrons. The molecule has 6 nitrogen and oxygen atoms in total. The van der Waals surface area contributed by atoms with Crippen LogP contribution in [0.1, 0.15) is 11.3 Å². The molecular formula is C18H18N4O2S. The van der Waals surface area contributed by atoms with Gasteiger partial charge in [-0.1, -0.05) is 48.5 Å². The molecule has 0 atom stereocenters. The van der Waals surface area contributed by atoms with E-state index in [4.69, 9.17) is 16.7 Å². The number of thiocarbonyl (C=S) groups is 1. The number of rotatable bonds is 5. The molecule has 0 aliphatic carbocycles. The van der Waals surface area contributed by atoms with Crippen molar-refractivity contribution in [3.05, 3.63) is 71.9 Å². The van der Waals surface area contributed by atoms with Gasteiger partial charge >= 0.3 is 0 Å². The third-order valence-electron chi connectivity index (χ3n) is 3.76.